The molecule has 0 atom stereocenters. The summed E-state index contributed by atoms with van der Waals surface area (Å²) < 4.78 is 10.5. The normalized spacial score (nSPS) is 14.8. The molecule has 3 nitrogen and oxygen atoms in total. The van der Waals surface area contributed by atoms with Gasteiger partial charge in [-0.2, -0.15) is 0 Å². The zero-order chi connectivity index (χ0) is 12.1. The average Bonchev–Trinajstić information content (AvgIpc) is 2.39. The van der Waals surface area contributed by atoms with Crippen LogP contribution in [0.4, 0.5) is 0 Å². The van der Waals surface area contributed by atoms with E-state index >= 15 is 0 Å². The van der Waals surface area contributed by atoms with Gasteiger partial charge < -0.3 is 9.47 Å². The van der Waals surface area contributed by atoms with Crippen LogP contribution in [0.5, 0.6) is 5.75 Å². The van der Waals surface area contributed by atoms with Gasteiger partial charge in [-0.1, -0.05) is 11.6 Å². The monoisotopic (exact) mass is 252 g/mol. The zero-order valence-electron chi connectivity index (χ0n) is 9.32. The van der Waals surface area contributed by atoms with E-state index in [1.165, 1.54) is 6.26 Å². The minimum absolute atomic E-state index is 0.0281. The van der Waals surface area contributed by atoms with E-state index in [1.807, 2.05) is 0 Å². The van der Waals surface area contributed by atoms with E-state index in [0.29, 0.717) is 23.0 Å². The molecule has 1 heterocycles. The highest BCUT2D eigenvalue weighted by Gasteiger charge is 2.13. The summed E-state index contributed by atoms with van der Waals surface area (Å²) in [5, 5.41) is 0.645. The molecule has 0 amide bonds. The second-order valence-electron chi connectivity index (χ2n) is 3.78. The van der Waals surface area contributed by atoms with Crippen LogP contribution < -0.4 is 4.74 Å². The number of benzene rings is 1. The van der Waals surface area contributed by atoms with Gasteiger partial charge in [0.1, 0.15) is 5.75 Å². The van der Waals surface area contributed by atoms with Crippen LogP contribution in [0, 0.1) is 0 Å². The average molecular weight is 253 g/mol. The van der Waals surface area contributed by atoms with Crippen molar-refractivity contribution in [3.8, 4) is 5.75 Å². The molecule has 0 radical (unpaired) electrons. The Morgan fingerprint density at radius 1 is 1.35 bits per heavy atom. The fourth-order valence-electron chi connectivity index (χ4n) is 1.54. The van der Waals surface area contributed by atoms with Crippen molar-refractivity contribution in [1.82, 2.24) is 0 Å². The molecule has 0 bridgehead atoms. The third kappa shape index (κ3) is 3.49. The topological polar surface area (TPSA) is 35.5 Å². The Morgan fingerprint density at radius 3 is 2.76 bits per heavy atom. The molecular formula is C13H13ClO3. The molecule has 1 aromatic rings. The molecule has 90 valence electrons. The number of hydrogen-bond donors (Lipinski definition) is 0. The summed E-state index contributed by atoms with van der Waals surface area (Å²) in [6, 6.07) is 6.93. The van der Waals surface area contributed by atoms with Crippen molar-refractivity contribution >= 4 is 17.4 Å². The number of hydrogen-bond acceptors (Lipinski definition) is 3. The van der Waals surface area contributed by atoms with E-state index < -0.39 is 0 Å². The molecule has 1 aliphatic heterocycles. The number of rotatable bonds is 4. The number of halogens is 1. The second kappa shape index (κ2) is 5.73. The first-order valence-corrected chi connectivity index (χ1v) is 5.86. The molecule has 1 aromatic carbocycles. The van der Waals surface area contributed by atoms with E-state index in [-0.39, 0.29) is 12.4 Å². The van der Waals surface area contributed by atoms with Crippen LogP contribution in [0.3, 0.4) is 0 Å². The maximum Gasteiger partial charge on any atom is 0.199 e. The summed E-state index contributed by atoms with van der Waals surface area (Å²) >= 11 is 5.75. The number of carbonyl (C=O) groups is 1. The molecule has 2 rings (SSSR count). The number of carbonyl (C=O) groups excluding carboxylic acids is 1. The molecule has 0 saturated carbocycles. The standard InChI is InChI=1S/C13H13ClO3/c14-11-3-5-12(6-4-11)17-9-13(15)10-2-1-7-16-8-10/h3-6,8H,1-2,7,9H2. The van der Waals surface area contributed by atoms with Crippen LogP contribution in [-0.2, 0) is 9.53 Å². The molecular weight excluding hydrogens is 240 g/mol. The van der Waals surface area contributed by atoms with Gasteiger partial charge in [-0.25, -0.2) is 0 Å². The lowest BCUT2D eigenvalue weighted by atomic mass is 10.1. The molecule has 0 aromatic heterocycles. The fourth-order valence-corrected chi connectivity index (χ4v) is 1.67. The van der Waals surface area contributed by atoms with Crippen molar-refractivity contribution in [2.24, 2.45) is 0 Å². The Bertz CT molecular complexity index is 423. The van der Waals surface area contributed by atoms with Crippen molar-refractivity contribution in [3.63, 3.8) is 0 Å². The molecule has 4 heteroatoms. The Balaban J connectivity index is 1.87. The number of ether oxygens (including phenoxy) is 2. The van der Waals surface area contributed by atoms with Gasteiger partial charge in [0.05, 0.1) is 12.9 Å². The lowest BCUT2D eigenvalue weighted by Crippen LogP contribution is -2.16. The number of Topliss-reactive ketones (excluding diaryl/α,β-unsaturated/α-hetero) is 1. The third-order valence-electron chi connectivity index (χ3n) is 2.48. The van der Waals surface area contributed by atoms with Crippen LogP contribution in [0.2, 0.25) is 5.02 Å². The van der Waals surface area contributed by atoms with Crippen LogP contribution in [-0.4, -0.2) is 19.0 Å². The van der Waals surface area contributed by atoms with Crippen molar-refractivity contribution < 1.29 is 14.3 Å². The van der Waals surface area contributed by atoms with Crippen LogP contribution in [0.25, 0.3) is 0 Å². The van der Waals surface area contributed by atoms with Gasteiger partial charge in [-0.15, -0.1) is 0 Å². The largest absolute Gasteiger partial charge is 0.501 e. The van der Waals surface area contributed by atoms with Crippen molar-refractivity contribution in [2.45, 2.75) is 12.8 Å². The predicted molar refractivity (Wildman–Crippen MR) is 65.2 cm³/mol. The minimum Gasteiger partial charge on any atom is -0.501 e. The van der Waals surface area contributed by atoms with Gasteiger partial charge in [-0.05, 0) is 37.1 Å². The highest BCUT2D eigenvalue weighted by atomic mass is 35.5. The summed E-state index contributed by atoms with van der Waals surface area (Å²) in [6.07, 6.45) is 3.19. The van der Waals surface area contributed by atoms with E-state index in [4.69, 9.17) is 21.1 Å². The van der Waals surface area contributed by atoms with E-state index in [1.54, 1.807) is 24.3 Å². The van der Waals surface area contributed by atoms with Gasteiger partial charge in [0.15, 0.2) is 12.4 Å². The van der Waals surface area contributed by atoms with Gasteiger partial charge in [0, 0.05) is 10.6 Å². The van der Waals surface area contributed by atoms with Crippen molar-refractivity contribution in [2.75, 3.05) is 13.2 Å². The molecule has 0 N–H and O–H groups in total. The highest BCUT2D eigenvalue weighted by Crippen LogP contribution is 2.17. The Kier molecular flexibility index (Phi) is 4.04. The van der Waals surface area contributed by atoms with E-state index in [9.17, 15) is 4.79 Å². The Morgan fingerprint density at radius 2 is 2.12 bits per heavy atom. The van der Waals surface area contributed by atoms with Crippen molar-refractivity contribution in [3.05, 3.63) is 41.1 Å². The van der Waals surface area contributed by atoms with Gasteiger partial charge in [0.2, 0.25) is 0 Å². The SMILES string of the molecule is O=C(COc1ccc(Cl)cc1)C1=COCCC1. The zero-order valence-corrected chi connectivity index (χ0v) is 10.1. The Labute approximate surface area is 105 Å². The first kappa shape index (κ1) is 12.0. The number of ketones is 1. The predicted octanol–water partition coefficient (Wildman–Crippen LogP) is 2.98. The lowest BCUT2D eigenvalue weighted by Gasteiger charge is -2.13. The van der Waals surface area contributed by atoms with Crippen molar-refractivity contribution in [1.29, 1.82) is 0 Å². The molecule has 0 spiro atoms. The maximum atomic E-state index is 11.7. The minimum atomic E-state index is -0.0281. The van der Waals surface area contributed by atoms with Crippen LogP contribution in [0.1, 0.15) is 12.8 Å². The van der Waals surface area contributed by atoms with Gasteiger partial charge in [-0.3, -0.25) is 4.79 Å². The van der Waals surface area contributed by atoms with E-state index in [2.05, 4.69) is 0 Å². The van der Waals surface area contributed by atoms with Crippen LogP contribution in [0.15, 0.2) is 36.1 Å². The molecule has 17 heavy (non-hydrogen) atoms. The van der Waals surface area contributed by atoms with Gasteiger partial charge >= 0.3 is 0 Å². The fraction of sp³-hybridized carbons (Fsp3) is 0.308. The maximum absolute atomic E-state index is 11.7. The molecule has 1 aliphatic rings. The van der Waals surface area contributed by atoms with E-state index in [0.717, 1.165) is 12.8 Å². The first-order chi connectivity index (χ1) is 8.25. The lowest BCUT2D eigenvalue weighted by molar-refractivity contribution is -0.117. The second-order valence-corrected chi connectivity index (χ2v) is 4.22. The summed E-state index contributed by atoms with van der Waals surface area (Å²) in [6.45, 7) is 0.728. The summed E-state index contributed by atoms with van der Waals surface area (Å²) in [7, 11) is 0. The molecule has 0 fully saturated rings. The molecule has 0 aliphatic carbocycles. The van der Waals surface area contributed by atoms with Crippen LogP contribution >= 0.6 is 11.6 Å². The summed E-state index contributed by atoms with van der Waals surface area (Å²) in [5.41, 5.74) is 0.699. The highest BCUT2D eigenvalue weighted by molar-refractivity contribution is 6.30. The quantitative estimate of drug-likeness (QED) is 0.826. The third-order valence-corrected chi connectivity index (χ3v) is 2.73. The first-order valence-electron chi connectivity index (χ1n) is 5.48. The summed E-state index contributed by atoms with van der Waals surface area (Å²) in [4.78, 5) is 11.7. The molecule has 0 unspecified atom stereocenters. The Hall–Kier alpha value is -1.48. The summed E-state index contributed by atoms with van der Waals surface area (Å²) in [5.74, 6) is 0.611. The van der Waals surface area contributed by atoms with Gasteiger partial charge in [0.25, 0.3) is 0 Å². The smallest absolute Gasteiger partial charge is 0.199 e. The molecule has 0 saturated heterocycles.